The lowest BCUT2D eigenvalue weighted by molar-refractivity contribution is 0.200. The molecule has 1 fully saturated rings. The third-order valence-corrected chi connectivity index (χ3v) is 4.45. The predicted octanol–water partition coefficient (Wildman–Crippen LogP) is 3.68. The Bertz CT molecular complexity index is 822. The zero-order chi connectivity index (χ0) is 16.5. The summed E-state index contributed by atoms with van der Waals surface area (Å²) in [4.78, 5) is 6.86. The molecule has 2 aromatic heterocycles. The molecule has 0 unspecified atom stereocenters. The topological polar surface area (TPSA) is 68.2 Å². The normalized spacial score (nSPS) is 18.3. The van der Waals surface area contributed by atoms with E-state index in [1.807, 2.05) is 37.3 Å². The lowest BCUT2D eigenvalue weighted by Crippen LogP contribution is -2.23. The van der Waals surface area contributed by atoms with Gasteiger partial charge < -0.3 is 9.05 Å². The van der Waals surface area contributed by atoms with Crippen molar-refractivity contribution in [3.63, 3.8) is 0 Å². The molecule has 1 atom stereocenters. The second kappa shape index (κ2) is 6.20. The summed E-state index contributed by atoms with van der Waals surface area (Å²) in [5.74, 6) is 2.19. The van der Waals surface area contributed by atoms with E-state index in [2.05, 4.69) is 27.1 Å². The highest BCUT2D eigenvalue weighted by Gasteiger charge is 2.30. The summed E-state index contributed by atoms with van der Waals surface area (Å²) in [7, 11) is 0. The van der Waals surface area contributed by atoms with Gasteiger partial charge in [0.05, 0.1) is 18.3 Å². The molecule has 0 saturated carbocycles. The minimum Gasteiger partial charge on any atom is -0.359 e. The van der Waals surface area contributed by atoms with E-state index in [0.29, 0.717) is 18.3 Å². The van der Waals surface area contributed by atoms with Crippen LogP contribution in [0.15, 0.2) is 39.4 Å². The summed E-state index contributed by atoms with van der Waals surface area (Å²) in [5, 5.41) is 8.14. The van der Waals surface area contributed by atoms with Crippen LogP contribution in [0.3, 0.4) is 0 Å². The number of nitrogens with zero attached hydrogens (tertiary/aromatic N) is 4. The van der Waals surface area contributed by atoms with Gasteiger partial charge in [0.25, 0.3) is 5.89 Å². The Balaban J connectivity index is 1.50. The fourth-order valence-electron chi connectivity index (χ4n) is 3.19. The molecule has 0 amide bonds. The van der Waals surface area contributed by atoms with Gasteiger partial charge in [-0.15, -0.1) is 0 Å². The first kappa shape index (κ1) is 15.1. The molecule has 0 N–H and O–H groups in total. The zero-order valence-corrected chi connectivity index (χ0v) is 13.9. The van der Waals surface area contributed by atoms with Gasteiger partial charge in [0.1, 0.15) is 0 Å². The van der Waals surface area contributed by atoms with Crippen LogP contribution in [-0.2, 0) is 6.54 Å². The molecule has 6 heteroatoms. The molecule has 0 spiro atoms. The highest BCUT2D eigenvalue weighted by molar-refractivity contribution is 5.53. The van der Waals surface area contributed by atoms with Crippen LogP contribution in [-0.4, -0.2) is 26.7 Å². The van der Waals surface area contributed by atoms with Gasteiger partial charge in [0, 0.05) is 11.6 Å². The monoisotopic (exact) mass is 324 g/mol. The van der Waals surface area contributed by atoms with Crippen molar-refractivity contribution in [2.24, 2.45) is 0 Å². The number of likely N-dealkylation sites (tertiary alicyclic amines) is 1. The molecular formula is C18H20N4O2. The number of benzene rings is 1. The van der Waals surface area contributed by atoms with Crippen molar-refractivity contribution in [3.05, 3.63) is 53.2 Å². The Morgan fingerprint density at radius 2 is 1.96 bits per heavy atom. The molecule has 3 aromatic rings. The molecule has 0 bridgehead atoms. The van der Waals surface area contributed by atoms with Gasteiger partial charge in [-0.3, -0.25) is 4.90 Å². The molecule has 3 heterocycles. The molecule has 1 aliphatic heterocycles. The largest absolute Gasteiger partial charge is 0.359 e. The molecule has 0 aliphatic carbocycles. The van der Waals surface area contributed by atoms with Crippen LogP contribution >= 0.6 is 0 Å². The Hall–Kier alpha value is -2.47. The highest BCUT2D eigenvalue weighted by atomic mass is 16.5. The summed E-state index contributed by atoms with van der Waals surface area (Å²) in [6.07, 6.45) is 2.20. The van der Waals surface area contributed by atoms with E-state index in [1.165, 1.54) is 5.56 Å². The van der Waals surface area contributed by atoms with E-state index in [-0.39, 0.29) is 6.04 Å². The second-order valence-corrected chi connectivity index (χ2v) is 6.38. The fraction of sp³-hybridized carbons (Fsp3) is 0.389. The quantitative estimate of drug-likeness (QED) is 0.729. The molecule has 124 valence electrons. The summed E-state index contributed by atoms with van der Waals surface area (Å²) in [6, 6.07) is 10.3. The van der Waals surface area contributed by atoms with E-state index in [4.69, 9.17) is 9.05 Å². The van der Waals surface area contributed by atoms with Crippen LogP contribution < -0.4 is 0 Å². The van der Waals surface area contributed by atoms with Crippen molar-refractivity contribution < 1.29 is 9.05 Å². The molecule has 4 rings (SSSR count). The van der Waals surface area contributed by atoms with Crippen LogP contribution in [0.25, 0.3) is 11.5 Å². The minimum absolute atomic E-state index is 0.243. The van der Waals surface area contributed by atoms with Crippen LogP contribution in [0.5, 0.6) is 0 Å². The van der Waals surface area contributed by atoms with E-state index >= 15 is 0 Å². The van der Waals surface area contributed by atoms with Gasteiger partial charge in [0.2, 0.25) is 0 Å². The van der Waals surface area contributed by atoms with E-state index in [1.54, 1.807) is 0 Å². The average molecular weight is 324 g/mol. The van der Waals surface area contributed by atoms with Crippen molar-refractivity contribution in [1.82, 2.24) is 20.2 Å². The summed E-state index contributed by atoms with van der Waals surface area (Å²) in [6.45, 7) is 5.65. The molecular weight excluding hydrogens is 304 g/mol. The number of hydrogen-bond donors (Lipinski definition) is 0. The van der Waals surface area contributed by atoms with E-state index < -0.39 is 0 Å². The van der Waals surface area contributed by atoms with Gasteiger partial charge in [-0.05, 0) is 45.4 Å². The van der Waals surface area contributed by atoms with E-state index in [9.17, 15) is 0 Å². The van der Waals surface area contributed by atoms with Gasteiger partial charge in [-0.1, -0.05) is 28.0 Å². The van der Waals surface area contributed by atoms with Crippen LogP contribution in [0.4, 0.5) is 0 Å². The van der Waals surface area contributed by atoms with Crippen molar-refractivity contribution >= 4 is 0 Å². The number of rotatable bonds is 4. The van der Waals surface area contributed by atoms with Gasteiger partial charge in [0.15, 0.2) is 11.6 Å². The lowest BCUT2D eigenvalue weighted by Gasteiger charge is -2.20. The molecule has 6 nitrogen and oxygen atoms in total. The molecule has 1 aliphatic rings. The second-order valence-electron chi connectivity index (χ2n) is 6.38. The highest BCUT2D eigenvalue weighted by Crippen LogP contribution is 2.33. The Morgan fingerprint density at radius 3 is 2.71 bits per heavy atom. The zero-order valence-electron chi connectivity index (χ0n) is 13.9. The molecule has 1 aromatic carbocycles. The van der Waals surface area contributed by atoms with Crippen molar-refractivity contribution in [2.75, 3.05) is 6.54 Å². The third kappa shape index (κ3) is 2.97. The predicted molar refractivity (Wildman–Crippen MR) is 88.1 cm³/mol. The number of aromatic nitrogens is 3. The fourth-order valence-corrected chi connectivity index (χ4v) is 3.19. The van der Waals surface area contributed by atoms with Crippen LogP contribution in [0.2, 0.25) is 0 Å². The Morgan fingerprint density at radius 1 is 1.12 bits per heavy atom. The average Bonchev–Trinajstić information content (AvgIpc) is 3.30. The van der Waals surface area contributed by atoms with Gasteiger partial charge in [-0.2, -0.15) is 4.98 Å². The first-order valence-electron chi connectivity index (χ1n) is 8.26. The van der Waals surface area contributed by atoms with Crippen molar-refractivity contribution in [2.45, 2.75) is 39.3 Å². The van der Waals surface area contributed by atoms with Gasteiger partial charge in [-0.25, -0.2) is 0 Å². The van der Waals surface area contributed by atoms with Crippen molar-refractivity contribution in [1.29, 1.82) is 0 Å². The number of aryl methyl sites for hydroxylation is 2. The summed E-state index contributed by atoms with van der Waals surface area (Å²) in [5.41, 5.74) is 3.07. The van der Waals surface area contributed by atoms with Crippen LogP contribution in [0, 0.1) is 13.8 Å². The standard InChI is InChI=1S/C18H20N4O2/c1-12-5-7-14(8-6-12)18-19-17(21-24-18)11-22-9-3-4-15(22)16-10-13(2)20-23-16/h5-8,10,15H,3-4,9,11H2,1-2H3/t15-/m1/s1. The third-order valence-electron chi connectivity index (χ3n) is 4.45. The smallest absolute Gasteiger partial charge is 0.257 e. The SMILES string of the molecule is Cc1ccc(-c2nc(CN3CCC[C@@H]3c3cc(C)no3)no2)cc1. The minimum atomic E-state index is 0.243. The molecule has 24 heavy (non-hydrogen) atoms. The maximum Gasteiger partial charge on any atom is 0.257 e. The summed E-state index contributed by atoms with van der Waals surface area (Å²) >= 11 is 0. The first-order chi connectivity index (χ1) is 11.7. The van der Waals surface area contributed by atoms with E-state index in [0.717, 1.165) is 36.4 Å². The Kier molecular flexibility index (Phi) is 3.90. The lowest BCUT2D eigenvalue weighted by atomic mass is 10.1. The Labute approximate surface area is 140 Å². The van der Waals surface area contributed by atoms with Crippen molar-refractivity contribution in [3.8, 4) is 11.5 Å². The van der Waals surface area contributed by atoms with Gasteiger partial charge >= 0.3 is 0 Å². The molecule has 1 saturated heterocycles. The molecule has 0 radical (unpaired) electrons. The number of hydrogen-bond acceptors (Lipinski definition) is 6. The maximum atomic E-state index is 5.45. The van der Waals surface area contributed by atoms with Crippen LogP contribution in [0.1, 0.15) is 41.7 Å². The first-order valence-corrected chi connectivity index (χ1v) is 8.26. The summed E-state index contributed by atoms with van der Waals surface area (Å²) < 4.78 is 10.9. The maximum absolute atomic E-state index is 5.45.